The molecular formula is C26H23N3O5. The summed E-state index contributed by atoms with van der Waals surface area (Å²) in [6.07, 6.45) is 0.0926. The largest absolute Gasteiger partial charge is 0.478 e. The third-order valence-corrected chi connectivity index (χ3v) is 5.58. The van der Waals surface area contributed by atoms with Gasteiger partial charge in [0.05, 0.1) is 30.0 Å². The predicted molar refractivity (Wildman–Crippen MR) is 128 cm³/mol. The second-order valence-corrected chi connectivity index (χ2v) is 7.79. The van der Waals surface area contributed by atoms with Crippen LogP contribution in [0.25, 0.3) is 22.2 Å². The van der Waals surface area contributed by atoms with E-state index in [1.54, 1.807) is 31.3 Å². The first-order valence-electron chi connectivity index (χ1n) is 10.6. The lowest BCUT2D eigenvalue weighted by atomic mass is 9.97. The number of carboxylic acids is 1. The summed E-state index contributed by atoms with van der Waals surface area (Å²) in [6, 6.07) is 16.9. The van der Waals surface area contributed by atoms with Crippen LogP contribution in [0.2, 0.25) is 0 Å². The van der Waals surface area contributed by atoms with E-state index < -0.39 is 5.97 Å². The molecule has 4 rings (SSSR count). The Morgan fingerprint density at radius 3 is 2.29 bits per heavy atom. The lowest BCUT2D eigenvalue weighted by molar-refractivity contribution is 0.0697. The fraction of sp³-hybridized carbons (Fsp3) is 0.154. The van der Waals surface area contributed by atoms with Crippen molar-refractivity contribution in [1.82, 2.24) is 9.97 Å². The normalized spacial score (nSPS) is 10.9. The van der Waals surface area contributed by atoms with Gasteiger partial charge in [0.1, 0.15) is 0 Å². The van der Waals surface area contributed by atoms with Crippen LogP contribution in [-0.4, -0.2) is 44.1 Å². The molecule has 0 radical (unpaired) electrons. The number of hydrogen-bond acceptors (Lipinski definition) is 7. The summed E-state index contributed by atoms with van der Waals surface area (Å²) >= 11 is 0. The minimum absolute atomic E-state index is 0.0635. The molecule has 0 aliphatic heterocycles. The molecule has 1 aromatic heterocycles. The van der Waals surface area contributed by atoms with Crippen LogP contribution >= 0.6 is 0 Å². The third kappa shape index (κ3) is 4.63. The molecule has 0 saturated carbocycles. The van der Waals surface area contributed by atoms with Crippen LogP contribution in [0, 0.1) is 0 Å². The molecule has 0 fully saturated rings. The summed E-state index contributed by atoms with van der Waals surface area (Å²) in [5, 5.41) is 32.2. The quantitative estimate of drug-likeness (QED) is 0.296. The van der Waals surface area contributed by atoms with Gasteiger partial charge in [-0.15, -0.1) is 0 Å². The first-order chi connectivity index (χ1) is 16.4. The van der Waals surface area contributed by atoms with E-state index in [2.05, 4.69) is 15.3 Å². The molecule has 0 spiro atoms. The Hall–Kier alpha value is -4.14. The van der Waals surface area contributed by atoms with Gasteiger partial charge in [-0.3, -0.25) is 4.79 Å². The van der Waals surface area contributed by atoms with Crippen molar-refractivity contribution < 1.29 is 24.9 Å². The highest BCUT2D eigenvalue weighted by Crippen LogP contribution is 2.30. The van der Waals surface area contributed by atoms with Gasteiger partial charge in [-0.1, -0.05) is 30.3 Å². The highest BCUT2D eigenvalue weighted by Gasteiger charge is 2.15. The van der Waals surface area contributed by atoms with Crippen molar-refractivity contribution in [3.8, 4) is 11.3 Å². The summed E-state index contributed by atoms with van der Waals surface area (Å²) in [6.45, 7) is -0.455. The van der Waals surface area contributed by atoms with E-state index in [4.69, 9.17) is 0 Å². The fourth-order valence-electron chi connectivity index (χ4n) is 3.83. The predicted octanol–water partition coefficient (Wildman–Crippen LogP) is 3.45. The smallest absolute Gasteiger partial charge is 0.335 e. The Labute approximate surface area is 195 Å². The second-order valence-electron chi connectivity index (χ2n) is 7.79. The fourth-order valence-corrected chi connectivity index (χ4v) is 3.83. The zero-order chi connectivity index (χ0) is 24.2. The Balaban J connectivity index is 1.75. The van der Waals surface area contributed by atoms with Gasteiger partial charge in [0.2, 0.25) is 5.95 Å². The highest BCUT2D eigenvalue weighted by atomic mass is 16.4. The zero-order valence-corrected chi connectivity index (χ0v) is 18.4. The molecular weight excluding hydrogens is 434 g/mol. The van der Waals surface area contributed by atoms with Crippen LogP contribution in [0.15, 0.2) is 60.7 Å². The minimum Gasteiger partial charge on any atom is -0.478 e. The molecule has 172 valence electrons. The van der Waals surface area contributed by atoms with Gasteiger partial charge in [0.15, 0.2) is 5.78 Å². The Bertz CT molecular complexity index is 1400. The Kier molecular flexibility index (Phi) is 6.62. The second kappa shape index (κ2) is 9.78. The number of aromatic carboxylic acids is 1. The molecule has 0 bridgehead atoms. The van der Waals surface area contributed by atoms with E-state index in [1.807, 2.05) is 24.3 Å². The van der Waals surface area contributed by atoms with Gasteiger partial charge in [-0.2, -0.15) is 0 Å². The van der Waals surface area contributed by atoms with Crippen molar-refractivity contribution in [2.45, 2.75) is 19.6 Å². The van der Waals surface area contributed by atoms with E-state index in [-0.39, 0.29) is 31.0 Å². The van der Waals surface area contributed by atoms with Crippen LogP contribution in [0.5, 0.6) is 0 Å². The lowest BCUT2D eigenvalue weighted by Gasteiger charge is -2.13. The number of Topliss-reactive ketones (excluding diaryl/α,β-unsaturated/α-hetero) is 1. The molecule has 8 nitrogen and oxygen atoms in total. The number of aliphatic hydroxyl groups excluding tert-OH is 2. The average Bonchev–Trinajstić information content (AvgIpc) is 2.87. The summed E-state index contributed by atoms with van der Waals surface area (Å²) < 4.78 is 0. The molecule has 34 heavy (non-hydrogen) atoms. The summed E-state index contributed by atoms with van der Waals surface area (Å²) in [4.78, 5) is 33.1. The first-order valence-corrected chi connectivity index (χ1v) is 10.6. The molecule has 0 saturated heterocycles. The minimum atomic E-state index is -1.08. The van der Waals surface area contributed by atoms with E-state index >= 15 is 0 Å². The molecule has 4 aromatic rings. The summed E-state index contributed by atoms with van der Waals surface area (Å²) in [5.41, 5.74) is 4.31. The average molecular weight is 457 g/mol. The monoisotopic (exact) mass is 457 g/mol. The molecule has 3 aromatic carbocycles. The van der Waals surface area contributed by atoms with Crippen LogP contribution in [0.4, 0.5) is 5.95 Å². The number of rotatable bonds is 8. The lowest BCUT2D eigenvalue weighted by Crippen LogP contribution is -2.06. The Morgan fingerprint density at radius 2 is 1.59 bits per heavy atom. The third-order valence-electron chi connectivity index (χ3n) is 5.58. The van der Waals surface area contributed by atoms with Crippen LogP contribution in [0.1, 0.15) is 37.4 Å². The zero-order valence-electron chi connectivity index (χ0n) is 18.4. The van der Waals surface area contributed by atoms with Crippen molar-refractivity contribution in [2.24, 2.45) is 0 Å². The number of fused-ring (bicyclic) bond motifs is 1. The number of nitrogens with zero attached hydrogens (tertiary/aromatic N) is 2. The number of carboxylic acid groups (broad SMARTS) is 1. The number of ketones is 1. The van der Waals surface area contributed by atoms with Gasteiger partial charge in [0, 0.05) is 30.0 Å². The van der Waals surface area contributed by atoms with Crippen molar-refractivity contribution in [1.29, 1.82) is 0 Å². The molecule has 4 N–H and O–H groups in total. The number of nitrogens with one attached hydrogen (secondary N) is 1. The number of anilines is 1. The standard InChI is InChI=1S/C26H23N3O5/c1-27-26-28-22-12-20(14-31)19(13-30)11-21(22)24(29-26)17-6-2-4-15(8-17)9-23(32)16-5-3-7-18(10-16)25(33)34/h2-8,10-12,30-31H,9,13-14H2,1H3,(H,33,34)(H,27,28,29). The van der Waals surface area contributed by atoms with Crippen molar-refractivity contribution in [3.63, 3.8) is 0 Å². The SMILES string of the molecule is CNc1nc(-c2cccc(CC(=O)c3cccc(C(=O)O)c3)c2)c2cc(CO)c(CO)cc2n1. The number of carbonyl (C=O) groups is 2. The molecule has 8 heteroatoms. The summed E-state index contributed by atoms with van der Waals surface area (Å²) in [7, 11) is 1.71. The summed E-state index contributed by atoms with van der Waals surface area (Å²) in [5.74, 6) is -0.881. The van der Waals surface area contributed by atoms with Gasteiger partial charge in [0.25, 0.3) is 0 Å². The number of benzene rings is 3. The van der Waals surface area contributed by atoms with Crippen LogP contribution < -0.4 is 5.32 Å². The molecule has 0 unspecified atom stereocenters. The number of aliphatic hydroxyl groups is 2. The van der Waals surface area contributed by atoms with E-state index in [1.165, 1.54) is 12.1 Å². The van der Waals surface area contributed by atoms with Gasteiger partial charge < -0.3 is 20.6 Å². The van der Waals surface area contributed by atoms with Gasteiger partial charge in [-0.25, -0.2) is 14.8 Å². The van der Waals surface area contributed by atoms with Crippen molar-refractivity contribution in [3.05, 3.63) is 88.5 Å². The van der Waals surface area contributed by atoms with Crippen LogP contribution in [0.3, 0.4) is 0 Å². The maximum absolute atomic E-state index is 12.8. The molecule has 0 amide bonds. The van der Waals surface area contributed by atoms with Crippen molar-refractivity contribution in [2.75, 3.05) is 12.4 Å². The maximum Gasteiger partial charge on any atom is 0.335 e. The van der Waals surface area contributed by atoms with E-state index in [0.717, 1.165) is 11.1 Å². The molecule has 0 aliphatic carbocycles. The molecule has 1 heterocycles. The first kappa shape index (κ1) is 23.0. The maximum atomic E-state index is 12.8. The van der Waals surface area contributed by atoms with E-state index in [9.17, 15) is 24.9 Å². The number of hydrogen-bond donors (Lipinski definition) is 4. The van der Waals surface area contributed by atoms with Crippen molar-refractivity contribution >= 4 is 28.6 Å². The van der Waals surface area contributed by atoms with Gasteiger partial charge >= 0.3 is 5.97 Å². The van der Waals surface area contributed by atoms with Crippen LogP contribution in [-0.2, 0) is 19.6 Å². The Morgan fingerprint density at radius 1 is 0.882 bits per heavy atom. The number of aromatic nitrogens is 2. The van der Waals surface area contributed by atoms with E-state index in [0.29, 0.717) is 39.2 Å². The van der Waals surface area contributed by atoms with Gasteiger partial charge in [-0.05, 0) is 47.0 Å². The highest BCUT2D eigenvalue weighted by molar-refractivity contribution is 6.00. The topological polar surface area (TPSA) is 133 Å². The number of carbonyl (C=O) groups excluding carboxylic acids is 1. The molecule has 0 atom stereocenters. The molecule has 0 aliphatic rings.